The van der Waals surface area contributed by atoms with Gasteiger partial charge in [0.05, 0.1) is 0 Å². The summed E-state index contributed by atoms with van der Waals surface area (Å²) in [7, 11) is 1.86. The predicted molar refractivity (Wildman–Crippen MR) is 94.8 cm³/mol. The van der Waals surface area contributed by atoms with Crippen molar-refractivity contribution in [3.05, 3.63) is 23.8 Å². The number of hydrogen-bond acceptors (Lipinski definition) is 3. The SMILES string of the molecule is CN=C(NCC1(c2ccc3c(c2)OCO3)CC1)NC1CCCCC1. The minimum Gasteiger partial charge on any atom is -0.454 e. The molecule has 2 fully saturated rings. The maximum atomic E-state index is 5.53. The number of rotatable bonds is 4. The topological polar surface area (TPSA) is 54.9 Å². The van der Waals surface area contributed by atoms with Gasteiger partial charge in [0.15, 0.2) is 17.5 Å². The molecule has 2 N–H and O–H groups in total. The summed E-state index contributed by atoms with van der Waals surface area (Å²) in [5.41, 5.74) is 1.55. The van der Waals surface area contributed by atoms with E-state index < -0.39 is 0 Å². The van der Waals surface area contributed by atoms with E-state index in [1.54, 1.807) is 0 Å². The molecule has 24 heavy (non-hydrogen) atoms. The normalized spacial score (nSPS) is 22.3. The van der Waals surface area contributed by atoms with Crippen molar-refractivity contribution in [2.75, 3.05) is 20.4 Å². The molecule has 1 aliphatic heterocycles. The molecule has 0 amide bonds. The van der Waals surface area contributed by atoms with Crippen LogP contribution < -0.4 is 20.1 Å². The van der Waals surface area contributed by atoms with Crippen molar-refractivity contribution < 1.29 is 9.47 Å². The summed E-state index contributed by atoms with van der Waals surface area (Å²) in [5.74, 6) is 2.68. The summed E-state index contributed by atoms with van der Waals surface area (Å²) in [5, 5.41) is 7.15. The molecule has 0 radical (unpaired) electrons. The molecule has 5 nitrogen and oxygen atoms in total. The molecular weight excluding hydrogens is 302 g/mol. The number of hydrogen-bond donors (Lipinski definition) is 2. The Morgan fingerprint density at radius 2 is 1.96 bits per heavy atom. The first-order valence-electron chi connectivity index (χ1n) is 9.16. The molecule has 0 atom stereocenters. The van der Waals surface area contributed by atoms with Gasteiger partial charge >= 0.3 is 0 Å². The molecule has 2 saturated carbocycles. The molecule has 5 heteroatoms. The Labute approximate surface area is 143 Å². The number of nitrogens with one attached hydrogen (secondary N) is 2. The zero-order valence-corrected chi connectivity index (χ0v) is 14.4. The largest absolute Gasteiger partial charge is 0.454 e. The van der Waals surface area contributed by atoms with E-state index in [-0.39, 0.29) is 5.41 Å². The first-order chi connectivity index (χ1) is 11.8. The van der Waals surface area contributed by atoms with E-state index in [4.69, 9.17) is 9.47 Å². The van der Waals surface area contributed by atoms with Crippen molar-refractivity contribution in [2.24, 2.45) is 4.99 Å². The summed E-state index contributed by atoms with van der Waals surface area (Å²) in [4.78, 5) is 4.41. The van der Waals surface area contributed by atoms with Crippen molar-refractivity contribution in [3.8, 4) is 11.5 Å². The van der Waals surface area contributed by atoms with E-state index in [9.17, 15) is 0 Å². The Kier molecular flexibility index (Phi) is 4.25. The highest BCUT2D eigenvalue weighted by Gasteiger charge is 2.44. The number of benzene rings is 1. The van der Waals surface area contributed by atoms with Crippen LogP contribution in [0, 0.1) is 0 Å². The standard InChI is InChI=1S/C19H27N3O2/c1-20-18(22-15-5-3-2-4-6-15)21-12-19(9-10-19)14-7-8-16-17(11-14)24-13-23-16/h7-8,11,15H,2-6,9-10,12-13H2,1H3,(H2,20,21,22). The average Bonchev–Trinajstić information content (AvgIpc) is 3.27. The van der Waals surface area contributed by atoms with Crippen LogP contribution in [0.2, 0.25) is 0 Å². The van der Waals surface area contributed by atoms with E-state index in [1.165, 1.54) is 50.5 Å². The van der Waals surface area contributed by atoms with Crippen molar-refractivity contribution in [1.82, 2.24) is 10.6 Å². The van der Waals surface area contributed by atoms with Gasteiger partial charge in [0.1, 0.15) is 0 Å². The van der Waals surface area contributed by atoms with Gasteiger partial charge in [-0.25, -0.2) is 0 Å². The molecule has 1 aromatic carbocycles. The summed E-state index contributed by atoms with van der Waals surface area (Å²) in [6.07, 6.45) is 8.96. The Bertz CT molecular complexity index is 619. The Morgan fingerprint density at radius 1 is 1.17 bits per heavy atom. The highest BCUT2D eigenvalue weighted by Crippen LogP contribution is 2.49. The summed E-state index contributed by atoms with van der Waals surface area (Å²) >= 11 is 0. The Balaban J connectivity index is 1.37. The van der Waals surface area contributed by atoms with Crippen LogP contribution in [0.15, 0.2) is 23.2 Å². The van der Waals surface area contributed by atoms with Crippen molar-refractivity contribution in [3.63, 3.8) is 0 Å². The molecule has 3 aliphatic rings. The third-order valence-electron chi connectivity index (χ3n) is 5.60. The van der Waals surface area contributed by atoms with Crippen LogP contribution >= 0.6 is 0 Å². The average molecular weight is 329 g/mol. The van der Waals surface area contributed by atoms with E-state index in [1.807, 2.05) is 13.1 Å². The minimum atomic E-state index is 0.213. The lowest BCUT2D eigenvalue weighted by Crippen LogP contribution is -2.46. The lowest BCUT2D eigenvalue weighted by molar-refractivity contribution is 0.174. The zero-order valence-electron chi connectivity index (χ0n) is 14.4. The first kappa shape index (κ1) is 15.6. The van der Waals surface area contributed by atoms with E-state index in [2.05, 4.69) is 27.8 Å². The highest BCUT2D eigenvalue weighted by atomic mass is 16.7. The lowest BCUT2D eigenvalue weighted by Gasteiger charge is -2.26. The summed E-state index contributed by atoms with van der Waals surface area (Å²) in [6, 6.07) is 6.94. The van der Waals surface area contributed by atoms with Crippen molar-refractivity contribution in [1.29, 1.82) is 0 Å². The van der Waals surface area contributed by atoms with E-state index >= 15 is 0 Å². The van der Waals surface area contributed by atoms with Gasteiger partial charge in [0, 0.05) is 25.0 Å². The lowest BCUT2D eigenvalue weighted by atomic mass is 9.95. The Morgan fingerprint density at radius 3 is 2.71 bits per heavy atom. The van der Waals surface area contributed by atoms with Crippen LogP contribution in [0.4, 0.5) is 0 Å². The fourth-order valence-corrected chi connectivity index (χ4v) is 3.83. The Hall–Kier alpha value is -1.91. The minimum absolute atomic E-state index is 0.213. The van der Waals surface area contributed by atoms with Gasteiger partial charge in [-0.2, -0.15) is 0 Å². The van der Waals surface area contributed by atoms with Crippen LogP contribution in [-0.2, 0) is 5.41 Å². The summed E-state index contributed by atoms with van der Waals surface area (Å²) in [6.45, 7) is 1.25. The molecular formula is C19H27N3O2. The van der Waals surface area contributed by atoms with Crippen LogP contribution in [0.5, 0.6) is 11.5 Å². The molecule has 130 valence electrons. The van der Waals surface area contributed by atoms with Crippen LogP contribution in [0.1, 0.15) is 50.5 Å². The van der Waals surface area contributed by atoms with E-state index in [0.717, 1.165) is 24.0 Å². The van der Waals surface area contributed by atoms with Crippen molar-refractivity contribution >= 4 is 5.96 Å². The van der Waals surface area contributed by atoms with Gasteiger partial charge in [-0.05, 0) is 43.4 Å². The van der Waals surface area contributed by atoms with Gasteiger partial charge in [-0.3, -0.25) is 4.99 Å². The second-order valence-electron chi connectivity index (χ2n) is 7.25. The van der Waals surface area contributed by atoms with Crippen LogP contribution in [0.3, 0.4) is 0 Å². The fraction of sp³-hybridized carbons (Fsp3) is 0.632. The fourth-order valence-electron chi connectivity index (χ4n) is 3.83. The smallest absolute Gasteiger partial charge is 0.231 e. The van der Waals surface area contributed by atoms with Gasteiger partial charge in [-0.15, -0.1) is 0 Å². The molecule has 4 rings (SSSR count). The number of guanidine groups is 1. The molecule has 0 spiro atoms. The molecule has 0 aromatic heterocycles. The number of aliphatic imine (C=N–C) groups is 1. The quantitative estimate of drug-likeness (QED) is 0.659. The van der Waals surface area contributed by atoms with Crippen molar-refractivity contribution in [2.45, 2.75) is 56.4 Å². The van der Waals surface area contributed by atoms with E-state index in [0.29, 0.717) is 12.8 Å². The molecule has 0 unspecified atom stereocenters. The number of fused-ring (bicyclic) bond motifs is 1. The van der Waals surface area contributed by atoms with Gasteiger partial charge in [0.2, 0.25) is 6.79 Å². The zero-order chi connectivity index (χ0) is 16.4. The maximum Gasteiger partial charge on any atom is 0.231 e. The number of ether oxygens (including phenoxy) is 2. The molecule has 2 aliphatic carbocycles. The third-order valence-corrected chi connectivity index (χ3v) is 5.60. The highest BCUT2D eigenvalue weighted by molar-refractivity contribution is 5.80. The summed E-state index contributed by atoms with van der Waals surface area (Å²) < 4.78 is 11.0. The van der Waals surface area contributed by atoms with Gasteiger partial charge in [-0.1, -0.05) is 25.3 Å². The molecule has 0 bridgehead atoms. The van der Waals surface area contributed by atoms with Crippen LogP contribution in [-0.4, -0.2) is 32.4 Å². The second-order valence-corrected chi connectivity index (χ2v) is 7.25. The second kappa shape index (κ2) is 6.54. The third kappa shape index (κ3) is 3.17. The first-order valence-corrected chi connectivity index (χ1v) is 9.16. The van der Waals surface area contributed by atoms with Crippen LogP contribution in [0.25, 0.3) is 0 Å². The van der Waals surface area contributed by atoms with Gasteiger partial charge in [0.25, 0.3) is 0 Å². The number of nitrogens with zero attached hydrogens (tertiary/aromatic N) is 1. The molecule has 1 heterocycles. The molecule has 0 saturated heterocycles. The van der Waals surface area contributed by atoms with Gasteiger partial charge < -0.3 is 20.1 Å². The molecule has 1 aromatic rings. The maximum absolute atomic E-state index is 5.53. The predicted octanol–water partition coefficient (Wildman–Crippen LogP) is 2.94. The monoisotopic (exact) mass is 329 g/mol.